The molecular formula is C45H61BF2N6O13. The minimum Gasteiger partial charge on any atom is -0.433 e. The van der Waals surface area contributed by atoms with Crippen molar-refractivity contribution in [1.29, 1.82) is 0 Å². The van der Waals surface area contributed by atoms with Gasteiger partial charge in [-0.25, -0.2) is 4.98 Å². The van der Waals surface area contributed by atoms with E-state index in [4.69, 9.17) is 33.2 Å². The predicted octanol–water partition coefficient (Wildman–Crippen LogP) is 2.29. The number of β-amino-alcohol motifs (C(OH)–C–C–N with tert-alkyl or cyclic N) is 1. The first-order chi connectivity index (χ1) is 32.4. The molecule has 0 radical (unpaired) electrons. The van der Waals surface area contributed by atoms with Crippen LogP contribution in [-0.2, 0) is 39.7 Å². The van der Waals surface area contributed by atoms with Crippen LogP contribution in [0.15, 0.2) is 67.0 Å². The Labute approximate surface area is 388 Å². The Morgan fingerprint density at radius 3 is 1.90 bits per heavy atom. The lowest BCUT2D eigenvalue weighted by Gasteiger charge is -2.21. The second-order valence-electron chi connectivity index (χ2n) is 15.3. The molecule has 4 aromatic rings. The number of halogens is 2. The number of aryl methyl sites for hydroxylation is 1. The molecule has 5 rings (SSSR count). The molecule has 0 saturated carbocycles. The molecule has 2 amide bonds. The number of nitrogens with zero attached hydrogens (tertiary/aromatic N) is 4. The number of anilines is 2. The predicted molar refractivity (Wildman–Crippen MR) is 243 cm³/mol. The lowest BCUT2D eigenvalue weighted by molar-refractivity contribution is -0.158. The zero-order chi connectivity index (χ0) is 47.9. The van der Waals surface area contributed by atoms with Gasteiger partial charge in [-0.05, 0) is 67.3 Å². The SMILES string of the molecule is Cc1cc(C(=O)NCCOCCOCCOCCOCCOCCOCCOCCn2nccc2-c2cc(C(=O)Nc3ccc(OC(C)(F)F)cc3)cnc2N2CC[C@@H](O)C2)ccc1B(O)O. The lowest BCUT2D eigenvalue weighted by Crippen LogP contribution is -2.33. The number of rotatable bonds is 32. The van der Waals surface area contributed by atoms with Gasteiger partial charge < -0.3 is 68.6 Å². The summed E-state index contributed by atoms with van der Waals surface area (Å²) < 4.78 is 71.8. The van der Waals surface area contributed by atoms with Crippen LogP contribution in [0.2, 0.25) is 0 Å². The number of aromatic nitrogens is 3. The van der Waals surface area contributed by atoms with E-state index < -0.39 is 25.2 Å². The molecule has 0 spiro atoms. The van der Waals surface area contributed by atoms with E-state index in [1.807, 2.05) is 11.0 Å². The Hall–Kier alpha value is -5.14. The van der Waals surface area contributed by atoms with Gasteiger partial charge >= 0.3 is 13.2 Å². The number of ether oxygens (including phenoxy) is 8. The van der Waals surface area contributed by atoms with Crippen molar-refractivity contribution in [2.75, 3.05) is 122 Å². The summed E-state index contributed by atoms with van der Waals surface area (Å²) >= 11 is 0. The van der Waals surface area contributed by atoms with Crippen LogP contribution in [0.1, 0.15) is 39.6 Å². The second-order valence-corrected chi connectivity index (χ2v) is 15.3. The number of hydrogen-bond donors (Lipinski definition) is 5. The highest BCUT2D eigenvalue weighted by Gasteiger charge is 2.27. The molecule has 22 heteroatoms. The summed E-state index contributed by atoms with van der Waals surface area (Å²) in [7, 11) is -1.58. The molecule has 2 aromatic heterocycles. The van der Waals surface area contributed by atoms with Gasteiger partial charge in [-0.15, -0.1) is 0 Å². The molecule has 3 heterocycles. The number of hydrogen-bond acceptors (Lipinski definition) is 16. The molecule has 1 aliphatic heterocycles. The topological polar surface area (TPSA) is 227 Å². The molecule has 5 N–H and O–H groups in total. The maximum Gasteiger partial charge on any atom is 0.488 e. The maximum atomic E-state index is 13.3. The maximum absolute atomic E-state index is 13.3. The molecule has 2 aromatic carbocycles. The van der Waals surface area contributed by atoms with Crippen LogP contribution in [0, 0.1) is 6.92 Å². The van der Waals surface area contributed by atoms with Crippen molar-refractivity contribution in [3.63, 3.8) is 0 Å². The van der Waals surface area contributed by atoms with Gasteiger partial charge in [-0.3, -0.25) is 14.3 Å². The summed E-state index contributed by atoms with van der Waals surface area (Å²) in [5, 5.41) is 38.9. The number of aliphatic hydroxyl groups is 1. The van der Waals surface area contributed by atoms with Gasteiger partial charge in [0.1, 0.15) is 11.6 Å². The van der Waals surface area contributed by atoms with E-state index in [0.717, 1.165) is 0 Å². The number of alkyl halides is 2. The highest BCUT2D eigenvalue weighted by Crippen LogP contribution is 2.32. The Morgan fingerprint density at radius 1 is 0.776 bits per heavy atom. The van der Waals surface area contributed by atoms with Crippen molar-refractivity contribution >= 4 is 35.9 Å². The van der Waals surface area contributed by atoms with E-state index in [1.165, 1.54) is 36.5 Å². The first-order valence-corrected chi connectivity index (χ1v) is 22.1. The summed E-state index contributed by atoms with van der Waals surface area (Å²) in [5.74, 6) is -0.154. The summed E-state index contributed by atoms with van der Waals surface area (Å²) in [6, 6.07) is 13.8. The molecular weight excluding hydrogens is 881 g/mol. The van der Waals surface area contributed by atoms with E-state index in [2.05, 4.69) is 25.5 Å². The molecule has 1 saturated heterocycles. The molecule has 67 heavy (non-hydrogen) atoms. The molecule has 0 unspecified atom stereocenters. The van der Waals surface area contributed by atoms with Crippen molar-refractivity contribution < 1.29 is 71.4 Å². The number of carbonyl (C=O) groups excluding carboxylic acids is 2. The standard InChI is InChI=1S/C45H61BF2N6O13/c1-33-29-34(3-8-40(33)46(58)59)43(56)49-12-15-60-17-19-62-21-23-64-25-27-66-28-26-65-24-22-63-20-18-61-16-14-54-41(9-11-51-54)39-30-35(31-50-42(39)53-13-10-37(55)32-53)44(57)52-36-4-6-38(7-5-36)67-45(2,47)48/h3-9,11,29-31,37,55,58-59H,10,12-28,32H2,1-2H3,(H,49,56)(H,52,57)/t37-/m1/s1. The van der Waals surface area contributed by atoms with Crippen LogP contribution < -0.4 is 25.7 Å². The first kappa shape index (κ1) is 52.8. The van der Waals surface area contributed by atoms with Gasteiger partial charge in [-0.1, -0.05) is 11.6 Å². The quantitative estimate of drug-likeness (QED) is 0.0350. The molecule has 366 valence electrons. The average molecular weight is 943 g/mol. The van der Waals surface area contributed by atoms with E-state index >= 15 is 0 Å². The molecule has 1 atom stereocenters. The van der Waals surface area contributed by atoms with Crippen LogP contribution in [0.25, 0.3) is 11.3 Å². The first-order valence-electron chi connectivity index (χ1n) is 22.1. The third-order valence-electron chi connectivity index (χ3n) is 10.0. The van der Waals surface area contributed by atoms with Gasteiger partial charge in [0.2, 0.25) is 0 Å². The third kappa shape index (κ3) is 18.8. The highest BCUT2D eigenvalue weighted by atomic mass is 19.3. The van der Waals surface area contributed by atoms with E-state index in [-0.39, 0.29) is 17.2 Å². The normalized spacial score (nSPS) is 13.8. The van der Waals surface area contributed by atoms with Gasteiger partial charge in [0, 0.05) is 55.8 Å². The largest absolute Gasteiger partial charge is 0.488 e. The molecule has 1 aliphatic rings. The van der Waals surface area contributed by atoms with Gasteiger partial charge in [-0.2, -0.15) is 13.9 Å². The molecule has 19 nitrogen and oxygen atoms in total. The zero-order valence-electron chi connectivity index (χ0n) is 37.9. The smallest absolute Gasteiger partial charge is 0.433 e. The fraction of sp³-hybridized carbons (Fsp3) is 0.511. The van der Waals surface area contributed by atoms with E-state index in [0.29, 0.717) is 171 Å². The minimum atomic E-state index is -3.33. The second kappa shape index (κ2) is 28.3. The van der Waals surface area contributed by atoms with Gasteiger partial charge in [0.05, 0.1) is 116 Å². The number of benzene rings is 2. The van der Waals surface area contributed by atoms with Crippen molar-refractivity contribution in [2.24, 2.45) is 0 Å². The lowest BCUT2D eigenvalue weighted by atomic mass is 9.77. The van der Waals surface area contributed by atoms with Gasteiger partial charge in [0.25, 0.3) is 11.8 Å². The monoisotopic (exact) mass is 942 g/mol. The third-order valence-corrected chi connectivity index (χ3v) is 10.0. The molecule has 0 bridgehead atoms. The van der Waals surface area contributed by atoms with E-state index in [9.17, 15) is 33.5 Å². The highest BCUT2D eigenvalue weighted by molar-refractivity contribution is 6.59. The average Bonchev–Trinajstić information content (AvgIpc) is 3.96. The van der Waals surface area contributed by atoms with E-state index in [1.54, 1.807) is 36.0 Å². The van der Waals surface area contributed by atoms with Crippen molar-refractivity contribution in [3.8, 4) is 17.0 Å². The summed E-state index contributed by atoms with van der Waals surface area (Å²) in [4.78, 5) is 32.2. The summed E-state index contributed by atoms with van der Waals surface area (Å²) in [6.45, 7) is 9.55. The Bertz CT molecular complexity index is 2100. The van der Waals surface area contributed by atoms with Crippen molar-refractivity contribution in [2.45, 2.75) is 39.0 Å². The van der Waals surface area contributed by atoms with Crippen molar-refractivity contribution in [3.05, 3.63) is 83.7 Å². The zero-order valence-corrected chi connectivity index (χ0v) is 37.9. The molecule has 0 aliphatic carbocycles. The molecule has 1 fully saturated rings. The number of carbonyl (C=O) groups is 2. The fourth-order valence-corrected chi connectivity index (χ4v) is 6.73. The summed E-state index contributed by atoms with van der Waals surface area (Å²) in [6.07, 6.45) is -0.122. The number of amides is 2. The van der Waals surface area contributed by atoms with Crippen LogP contribution >= 0.6 is 0 Å². The van der Waals surface area contributed by atoms with Gasteiger partial charge in [0.15, 0.2) is 0 Å². The van der Waals surface area contributed by atoms with Crippen molar-refractivity contribution in [1.82, 2.24) is 20.1 Å². The number of aliphatic hydroxyl groups excluding tert-OH is 1. The number of nitrogens with one attached hydrogen (secondary N) is 2. The summed E-state index contributed by atoms with van der Waals surface area (Å²) in [5.41, 5.74) is 3.41. The number of pyridine rings is 1. The van der Waals surface area contributed by atoms with Crippen LogP contribution in [0.4, 0.5) is 20.3 Å². The Balaban J connectivity index is 0.860. The minimum absolute atomic E-state index is 0.0381. The fourth-order valence-electron chi connectivity index (χ4n) is 6.73. The van der Waals surface area contributed by atoms with Crippen LogP contribution in [0.3, 0.4) is 0 Å². The van der Waals surface area contributed by atoms with Crippen LogP contribution in [0.5, 0.6) is 5.75 Å². The Morgan fingerprint density at radius 2 is 1.36 bits per heavy atom. The van der Waals surface area contributed by atoms with Crippen LogP contribution in [-0.4, -0.2) is 173 Å². The Kier molecular flexibility index (Phi) is 22.3.